The SMILES string of the molecule is O=C(C=P(c1ccccc1)(c1ccccc1)c1ccccc1)C1Oc2ccccc2O1. The number of Topliss-reactive ketones (excluding diaryl/α,β-unsaturated/α-hetero) is 1. The first-order valence-corrected chi connectivity index (χ1v) is 12.0. The highest BCUT2D eigenvalue weighted by molar-refractivity contribution is 7.95. The molecule has 0 bridgehead atoms. The molecule has 31 heavy (non-hydrogen) atoms. The van der Waals surface area contributed by atoms with Crippen LogP contribution in [-0.2, 0) is 4.79 Å². The number of ether oxygens (including phenoxy) is 2. The molecule has 3 nitrogen and oxygen atoms in total. The fourth-order valence-electron chi connectivity index (χ4n) is 3.93. The molecule has 0 amide bonds. The molecule has 4 aromatic carbocycles. The molecule has 0 saturated carbocycles. The number of hydrogen-bond donors (Lipinski definition) is 0. The molecular formula is C27H21O3P. The molecule has 5 rings (SSSR count). The van der Waals surface area contributed by atoms with Gasteiger partial charge in [-0.3, -0.25) is 4.79 Å². The summed E-state index contributed by atoms with van der Waals surface area (Å²) in [6.07, 6.45) is -0.979. The van der Waals surface area contributed by atoms with Crippen molar-refractivity contribution in [1.82, 2.24) is 0 Å². The maximum Gasteiger partial charge on any atom is 0.305 e. The highest BCUT2D eigenvalue weighted by atomic mass is 31.2. The molecule has 0 aromatic heterocycles. The monoisotopic (exact) mass is 424 g/mol. The van der Waals surface area contributed by atoms with Crippen molar-refractivity contribution in [2.45, 2.75) is 6.29 Å². The highest BCUT2D eigenvalue weighted by Crippen LogP contribution is 2.44. The zero-order valence-electron chi connectivity index (χ0n) is 16.8. The maximum atomic E-state index is 13.6. The van der Waals surface area contributed by atoms with E-state index in [4.69, 9.17) is 9.47 Å². The van der Waals surface area contributed by atoms with Crippen LogP contribution in [0.15, 0.2) is 115 Å². The molecule has 4 aromatic rings. The van der Waals surface area contributed by atoms with Crippen LogP contribution < -0.4 is 25.4 Å². The fraction of sp³-hybridized carbons (Fsp3) is 0.0370. The lowest BCUT2D eigenvalue weighted by atomic mass is 10.3. The van der Waals surface area contributed by atoms with Gasteiger partial charge in [0.15, 0.2) is 11.5 Å². The maximum absolute atomic E-state index is 13.6. The van der Waals surface area contributed by atoms with Crippen molar-refractivity contribution >= 4 is 34.4 Å². The largest absolute Gasteiger partial charge is 0.444 e. The Morgan fingerprint density at radius 1 is 0.581 bits per heavy atom. The first kappa shape index (κ1) is 19.4. The van der Waals surface area contributed by atoms with Crippen molar-refractivity contribution in [3.8, 4) is 11.5 Å². The average molecular weight is 424 g/mol. The standard InChI is InChI=1S/C27H21O3P/c28-24(27-29-25-18-10-11-19-26(25)30-27)20-31(21-12-4-1-5-13-21,22-14-6-2-7-15-22)23-16-8-3-9-17-23/h1-20,27H. The lowest BCUT2D eigenvalue weighted by Crippen LogP contribution is -2.35. The van der Waals surface area contributed by atoms with E-state index in [9.17, 15) is 4.79 Å². The Bertz CT molecular complexity index is 1120. The Labute approximate surface area is 181 Å². The van der Waals surface area contributed by atoms with Crippen molar-refractivity contribution in [2.75, 3.05) is 0 Å². The number of para-hydroxylation sites is 2. The summed E-state index contributed by atoms with van der Waals surface area (Å²) < 4.78 is 11.7. The highest BCUT2D eigenvalue weighted by Gasteiger charge is 2.33. The van der Waals surface area contributed by atoms with Crippen LogP contribution in [0, 0.1) is 0 Å². The molecule has 0 aliphatic carbocycles. The van der Waals surface area contributed by atoms with Crippen LogP contribution in [0.2, 0.25) is 0 Å². The third kappa shape index (κ3) is 3.58. The second kappa shape index (κ2) is 8.29. The quantitative estimate of drug-likeness (QED) is 0.452. The van der Waals surface area contributed by atoms with Gasteiger partial charge in [-0.15, -0.1) is 0 Å². The number of carbonyl (C=O) groups is 1. The fourth-order valence-corrected chi connectivity index (χ4v) is 7.70. The van der Waals surface area contributed by atoms with Gasteiger partial charge in [0.05, 0.1) is 0 Å². The van der Waals surface area contributed by atoms with Gasteiger partial charge >= 0.3 is 6.29 Å². The van der Waals surface area contributed by atoms with E-state index in [1.165, 1.54) is 0 Å². The smallest absolute Gasteiger partial charge is 0.305 e. The average Bonchev–Trinajstić information content (AvgIpc) is 3.29. The van der Waals surface area contributed by atoms with Gasteiger partial charge in [0.2, 0.25) is 5.78 Å². The minimum Gasteiger partial charge on any atom is -0.444 e. The van der Waals surface area contributed by atoms with E-state index in [-0.39, 0.29) is 5.78 Å². The molecular weight excluding hydrogens is 403 g/mol. The summed E-state index contributed by atoms with van der Waals surface area (Å²) in [5, 5.41) is 3.32. The Morgan fingerprint density at radius 2 is 0.935 bits per heavy atom. The van der Waals surface area contributed by atoms with E-state index >= 15 is 0 Å². The topological polar surface area (TPSA) is 35.5 Å². The molecule has 0 radical (unpaired) electrons. The second-order valence-corrected chi connectivity index (χ2v) is 10.5. The third-order valence-corrected chi connectivity index (χ3v) is 9.34. The third-order valence-electron chi connectivity index (χ3n) is 5.36. The molecule has 0 saturated heterocycles. The van der Waals surface area contributed by atoms with E-state index in [0.717, 1.165) is 15.9 Å². The van der Waals surface area contributed by atoms with Crippen molar-refractivity contribution in [1.29, 1.82) is 0 Å². The van der Waals surface area contributed by atoms with Gasteiger partial charge in [0.25, 0.3) is 0 Å². The van der Waals surface area contributed by atoms with Crippen molar-refractivity contribution in [3.05, 3.63) is 115 Å². The Hall–Kier alpha value is -3.55. The van der Waals surface area contributed by atoms with E-state index in [0.29, 0.717) is 11.5 Å². The Balaban J connectivity index is 1.72. The Kier molecular flexibility index (Phi) is 5.19. The van der Waals surface area contributed by atoms with E-state index in [1.807, 2.05) is 84.7 Å². The van der Waals surface area contributed by atoms with Crippen LogP contribution >= 0.6 is 6.89 Å². The first-order chi connectivity index (χ1) is 15.3. The lowest BCUT2D eigenvalue weighted by molar-refractivity contribution is -0.126. The first-order valence-electron chi connectivity index (χ1n) is 10.1. The molecule has 1 aliphatic heterocycles. The van der Waals surface area contributed by atoms with Gasteiger partial charge in [-0.25, -0.2) is 0 Å². The lowest BCUT2D eigenvalue weighted by Gasteiger charge is -2.28. The molecule has 4 heteroatoms. The van der Waals surface area contributed by atoms with Crippen LogP contribution in [-0.4, -0.2) is 17.9 Å². The van der Waals surface area contributed by atoms with E-state index < -0.39 is 13.2 Å². The predicted octanol–water partition coefficient (Wildman–Crippen LogP) is 4.15. The van der Waals surface area contributed by atoms with Crippen LogP contribution in [0.1, 0.15) is 0 Å². The van der Waals surface area contributed by atoms with Gasteiger partial charge < -0.3 is 9.47 Å². The van der Waals surface area contributed by atoms with Crippen LogP contribution in [0.4, 0.5) is 0 Å². The number of fused-ring (bicyclic) bond motifs is 1. The molecule has 0 unspecified atom stereocenters. The van der Waals surface area contributed by atoms with Crippen molar-refractivity contribution < 1.29 is 14.3 Å². The molecule has 0 spiro atoms. The van der Waals surface area contributed by atoms with Gasteiger partial charge in [-0.05, 0) is 40.7 Å². The van der Waals surface area contributed by atoms with Crippen LogP contribution in [0.3, 0.4) is 0 Å². The van der Waals surface area contributed by atoms with Crippen LogP contribution in [0.25, 0.3) is 0 Å². The van der Waals surface area contributed by atoms with Crippen molar-refractivity contribution in [3.63, 3.8) is 0 Å². The van der Waals surface area contributed by atoms with Gasteiger partial charge in [-0.1, -0.05) is 103 Å². The molecule has 0 atom stereocenters. The zero-order chi connectivity index (χ0) is 21.1. The summed E-state index contributed by atoms with van der Waals surface area (Å²) in [6, 6.07) is 38.1. The second-order valence-electron chi connectivity index (χ2n) is 7.28. The summed E-state index contributed by atoms with van der Waals surface area (Å²) in [4.78, 5) is 13.6. The number of rotatable bonds is 5. The van der Waals surface area contributed by atoms with Gasteiger partial charge in [0.1, 0.15) is 0 Å². The number of hydrogen-bond acceptors (Lipinski definition) is 3. The van der Waals surface area contributed by atoms with Crippen LogP contribution in [0.5, 0.6) is 11.5 Å². The molecule has 152 valence electrons. The molecule has 0 N–H and O–H groups in total. The Morgan fingerprint density at radius 3 is 1.32 bits per heavy atom. The minimum absolute atomic E-state index is 0.180. The number of carbonyl (C=O) groups excluding carboxylic acids is 1. The predicted molar refractivity (Wildman–Crippen MR) is 128 cm³/mol. The van der Waals surface area contributed by atoms with Gasteiger partial charge in [0, 0.05) is 0 Å². The zero-order valence-corrected chi connectivity index (χ0v) is 17.7. The summed E-state index contributed by atoms with van der Waals surface area (Å²) in [5.74, 6) is 2.86. The molecule has 0 fully saturated rings. The minimum atomic E-state index is -2.39. The summed E-state index contributed by atoms with van der Waals surface area (Å²) in [5.41, 5.74) is 0. The number of benzene rings is 4. The molecule has 1 aliphatic rings. The summed E-state index contributed by atoms with van der Waals surface area (Å²) >= 11 is 0. The molecule has 1 heterocycles. The van der Waals surface area contributed by atoms with Gasteiger partial charge in [-0.2, -0.15) is 0 Å². The van der Waals surface area contributed by atoms with Crippen molar-refractivity contribution in [2.24, 2.45) is 0 Å². The van der Waals surface area contributed by atoms with E-state index in [1.54, 1.807) is 0 Å². The summed E-state index contributed by atoms with van der Waals surface area (Å²) in [7, 11) is 0. The summed E-state index contributed by atoms with van der Waals surface area (Å²) in [6.45, 7) is -2.39. The van der Waals surface area contributed by atoms with E-state index in [2.05, 4.69) is 36.4 Å². The number of ketones is 1. The normalized spacial score (nSPS) is 13.0.